The number of halogens is 1. The van der Waals surface area contributed by atoms with Crippen LogP contribution in [0.2, 0.25) is 5.02 Å². The topological polar surface area (TPSA) is 104 Å². The Bertz CT molecular complexity index is 739. The number of urea groups is 1. The summed E-state index contributed by atoms with van der Waals surface area (Å²) < 4.78 is 0. The monoisotopic (exact) mass is 349 g/mol. The highest BCUT2D eigenvalue weighted by molar-refractivity contribution is 6.31. The summed E-state index contributed by atoms with van der Waals surface area (Å²) in [5.41, 5.74) is 0.844. The predicted molar refractivity (Wildman–Crippen MR) is 89.7 cm³/mol. The van der Waals surface area contributed by atoms with Gasteiger partial charge in [-0.15, -0.1) is 0 Å². The first-order valence-corrected chi connectivity index (χ1v) is 7.53. The van der Waals surface area contributed by atoms with Gasteiger partial charge in [-0.05, 0) is 6.07 Å². The molecule has 0 saturated carbocycles. The number of nitro groups is 1. The molecule has 0 aliphatic heterocycles. The van der Waals surface area contributed by atoms with Crippen molar-refractivity contribution in [1.82, 2.24) is 10.6 Å². The van der Waals surface area contributed by atoms with E-state index in [9.17, 15) is 20.0 Å². The Labute approximate surface area is 143 Å². The van der Waals surface area contributed by atoms with Crippen molar-refractivity contribution in [2.24, 2.45) is 0 Å². The van der Waals surface area contributed by atoms with Crippen LogP contribution in [-0.2, 0) is 6.54 Å². The molecule has 0 spiro atoms. The van der Waals surface area contributed by atoms with E-state index in [-0.39, 0.29) is 18.8 Å². The minimum Gasteiger partial charge on any atom is -0.387 e. The first kappa shape index (κ1) is 17.7. The largest absolute Gasteiger partial charge is 0.387 e. The zero-order chi connectivity index (χ0) is 17.5. The van der Waals surface area contributed by atoms with Crippen LogP contribution in [0.4, 0.5) is 10.5 Å². The zero-order valence-corrected chi connectivity index (χ0v) is 13.4. The summed E-state index contributed by atoms with van der Waals surface area (Å²) in [5.74, 6) is 0. The van der Waals surface area contributed by atoms with Crippen molar-refractivity contribution >= 4 is 23.3 Å². The summed E-state index contributed by atoms with van der Waals surface area (Å²) in [5, 5.41) is 26.4. The molecule has 0 heterocycles. The van der Waals surface area contributed by atoms with Crippen LogP contribution in [0.25, 0.3) is 0 Å². The Morgan fingerprint density at radius 3 is 2.54 bits per heavy atom. The molecule has 0 saturated heterocycles. The Morgan fingerprint density at radius 2 is 1.83 bits per heavy atom. The number of aliphatic hydroxyl groups excluding tert-OH is 1. The molecule has 0 aromatic heterocycles. The van der Waals surface area contributed by atoms with Crippen molar-refractivity contribution < 1.29 is 14.8 Å². The van der Waals surface area contributed by atoms with Crippen LogP contribution in [0.15, 0.2) is 48.5 Å². The third-order valence-electron chi connectivity index (χ3n) is 3.35. The van der Waals surface area contributed by atoms with Gasteiger partial charge in [0.25, 0.3) is 5.69 Å². The predicted octanol–water partition coefficient (Wildman–Crippen LogP) is 2.78. The summed E-state index contributed by atoms with van der Waals surface area (Å²) >= 11 is 5.97. The number of para-hydroxylation sites is 1. The SMILES string of the molecule is O=C(NCc1ccccc1[N+](=O)[O-])NCC(O)c1ccccc1Cl. The Morgan fingerprint density at radius 1 is 1.17 bits per heavy atom. The van der Waals surface area contributed by atoms with Crippen LogP contribution in [-0.4, -0.2) is 22.6 Å². The number of rotatable bonds is 6. The minimum absolute atomic E-state index is 0.00513. The van der Waals surface area contributed by atoms with Crippen LogP contribution in [0, 0.1) is 10.1 Å². The lowest BCUT2D eigenvalue weighted by Crippen LogP contribution is -2.37. The third-order valence-corrected chi connectivity index (χ3v) is 3.69. The number of nitrogens with zero attached hydrogens (tertiary/aromatic N) is 1. The lowest BCUT2D eigenvalue weighted by molar-refractivity contribution is -0.385. The molecule has 2 aromatic rings. The van der Waals surface area contributed by atoms with Gasteiger partial charge in [-0.2, -0.15) is 0 Å². The van der Waals surface area contributed by atoms with Gasteiger partial charge in [0.15, 0.2) is 0 Å². The fourth-order valence-corrected chi connectivity index (χ4v) is 2.38. The molecule has 2 amide bonds. The van der Waals surface area contributed by atoms with Crippen molar-refractivity contribution in [1.29, 1.82) is 0 Å². The van der Waals surface area contributed by atoms with Crippen molar-refractivity contribution in [3.8, 4) is 0 Å². The fraction of sp³-hybridized carbons (Fsp3) is 0.188. The van der Waals surface area contributed by atoms with Crippen LogP contribution in [0.3, 0.4) is 0 Å². The van der Waals surface area contributed by atoms with E-state index in [0.29, 0.717) is 16.1 Å². The number of carbonyl (C=O) groups is 1. The minimum atomic E-state index is -0.949. The normalized spacial score (nSPS) is 11.6. The highest BCUT2D eigenvalue weighted by Crippen LogP contribution is 2.21. The van der Waals surface area contributed by atoms with Crippen LogP contribution >= 0.6 is 11.6 Å². The molecule has 3 N–H and O–H groups in total. The number of hydrogen-bond acceptors (Lipinski definition) is 4. The molecule has 7 nitrogen and oxygen atoms in total. The van der Waals surface area contributed by atoms with Gasteiger partial charge < -0.3 is 15.7 Å². The van der Waals surface area contributed by atoms with Gasteiger partial charge in [-0.1, -0.05) is 48.0 Å². The van der Waals surface area contributed by atoms with Gasteiger partial charge >= 0.3 is 6.03 Å². The first-order chi connectivity index (χ1) is 11.5. The number of carbonyl (C=O) groups excluding carboxylic acids is 1. The van der Waals surface area contributed by atoms with E-state index in [1.165, 1.54) is 6.07 Å². The lowest BCUT2D eigenvalue weighted by atomic mass is 10.1. The molecule has 0 fully saturated rings. The zero-order valence-electron chi connectivity index (χ0n) is 12.6. The van der Waals surface area contributed by atoms with E-state index in [0.717, 1.165) is 0 Å². The molecule has 0 bridgehead atoms. The standard InChI is InChI=1S/C16H16ClN3O4/c17-13-7-3-2-6-12(13)15(21)10-19-16(22)18-9-11-5-1-4-8-14(11)20(23)24/h1-8,15,21H,9-10H2,(H2,18,19,22). The Kier molecular flexibility index (Phi) is 6.11. The molecule has 2 aromatic carbocycles. The molecular weight excluding hydrogens is 334 g/mol. The van der Waals surface area contributed by atoms with Gasteiger partial charge in [0.1, 0.15) is 0 Å². The second kappa shape index (κ2) is 8.28. The van der Waals surface area contributed by atoms with E-state index in [4.69, 9.17) is 11.6 Å². The molecule has 126 valence electrons. The molecule has 0 aliphatic carbocycles. The summed E-state index contributed by atoms with van der Waals surface area (Å²) in [7, 11) is 0. The van der Waals surface area contributed by atoms with E-state index in [1.54, 1.807) is 42.5 Å². The third kappa shape index (κ3) is 4.68. The average molecular weight is 350 g/mol. The molecular formula is C16H16ClN3O4. The molecule has 8 heteroatoms. The lowest BCUT2D eigenvalue weighted by Gasteiger charge is -2.14. The number of benzene rings is 2. The maximum absolute atomic E-state index is 11.8. The molecule has 2 rings (SSSR count). The van der Waals surface area contributed by atoms with Crippen molar-refractivity contribution in [3.63, 3.8) is 0 Å². The second-order valence-corrected chi connectivity index (χ2v) is 5.39. The van der Waals surface area contributed by atoms with Gasteiger partial charge in [0.05, 0.1) is 17.6 Å². The first-order valence-electron chi connectivity index (χ1n) is 7.15. The van der Waals surface area contributed by atoms with Crippen LogP contribution in [0.5, 0.6) is 0 Å². The molecule has 24 heavy (non-hydrogen) atoms. The van der Waals surface area contributed by atoms with Gasteiger partial charge in [-0.25, -0.2) is 4.79 Å². The maximum Gasteiger partial charge on any atom is 0.315 e. The summed E-state index contributed by atoms with van der Waals surface area (Å²) in [6, 6.07) is 12.4. The van der Waals surface area contributed by atoms with Gasteiger partial charge in [0, 0.05) is 28.8 Å². The van der Waals surface area contributed by atoms with Crippen molar-refractivity contribution in [2.45, 2.75) is 12.6 Å². The number of hydrogen-bond donors (Lipinski definition) is 3. The molecule has 0 radical (unpaired) electrons. The molecule has 1 atom stereocenters. The smallest absolute Gasteiger partial charge is 0.315 e. The summed E-state index contributed by atoms with van der Waals surface area (Å²) in [4.78, 5) is 22.2. The quantitative estimate of drug-likeness (QED) is 0.551. The number of nitrogens with one attached hydrogen (secondary N) is 2. The van der Waals surface area contributed by atoms with Crippen LogP contribution in [0.1, 0.15) is 17.2 Å². The Balaban J connectivity index is 1.86. The second-order valence-electron chi connectivity index (χ2n) is 4.99. The van der Waals surface area contributed by atoms with Gasteiger partial charge in [-0.3, -0.25) is 10.1 Å². The highest BCUT2D eigenvalue weighted by atomic mass is 35.5. The van der Waals surface area contributed by atoms with E-state index >= 15 is 0 Å². The van der Waals surface area contributed by atoms with E-state index < -0.39 is 17.1 Å². The highest BCUT2D eigenvalue weighted by Gasteiger charge is 2.14. The average Bonchev–Trinajstić information content (AvgIpc) is 2.58. The summed E-state index contributed by atoms with van der Waals surface area (Å²) in [6.07, 6.45) is -0.949. The van der Waals surface area contributed by atoms with Crippen molar-refractivity contribution in [2.75, 3.05) is 6.54 Å². The number of nitro benzene ring substituents is 1. The summed E-state index contributed by atoms with van der Waals surface area (Å²) in [6.45, 7) is -0.0301. The van der Waals surface area contributed by atoms with E-state index in [1.807, 2.05) is 0 Å². The van der Waals surface area contributed by atoms with Crippen LogP contribution < -0.4 is 10.6 Å². The number of amides is 2. The molecule has 1 unspecified atom stereocenters. The maximum atomic E-state index is 11.8. The Hall–Kier alpha value is -2.64. The fourth-order valence-electron chi connectivity index (χ4n) is 2.12. The van der Waals surface area contributed by atoms with Gasteiger partial charge in [0.2, 0.25) is 0 Å². The number of aliphatic hydroxyl groups is 1. The van der Waals surface area contributed by atoms with E-state index in [2.05, 4.69) is 10.6 Å². The van der Waals surface area contributed by atoms with Crippen molar-refractivity contribution in [3.05, 3.63) is 74.8 Å². The molecule has 0 aliphatic rings.